The molecule has 2 rings (SSSR count). The Kier molecular flexibility index (Phi) is 4.48. The van der Waals surface area contributed by atoms with Crippen molar-refractivity contribution in [2.45, 2.75) is 32.7 Å². The SMILES string of the molecule is CC1CCCN(C(=O)c2cc(Br)cc(C(=O)O)c2)C1C. The number of nitrogens with zero attached hydrogens (tertiary/aromatic N) is 1. The Balaban J connectivity index is 2.31. The van der Waals surface area contributed by atoms with Crippen molar-refractivity contribution in [3.8, 4) is 0 Å². The Bertz CT molecular complexity index is 544. The summed E-state index contributed by atoms with van der Waals surface area (Å²) < 4.78 is 0.610. The first-order chi connectivity index (χ1) is 9.40. The van der Waals surface area contributed by atoms with Crippen LogP contribution >= 0.6 is 15.9 Å². The number of benzene rings is 1. The first kappa shape index (κ1) is 15.0. The lowest BCUT2D eigenvalue weighted by molar-refractivity contribution is 0.0551. The normalized spacial score (nSPS) is 22.6. The van der Waals surface area contributed by atoms with Crippen LogP contribution in [0.2, 0.25) is 0 Å². The monoisotopic (exact) mass is 339 g/mol. The Hall–Kier alpha value is -1.36. The lowest BCUT2D eigenvalue weighted by Gasteiger charge is -2.38. The number of rotatable bonds is 2. The first-order valence-corrected chi connectivity index (χ1v) is 7.54. The maximum atomic E-state index is 12.6. The first-order valence-electron chi connectivity index (χ1n) is 6.75. The predicted molar refractivity (Wildman–Crippen MR) is 80.0 cm³/mol. The Morgan fingerprint density at radius 2 is 1.90 bits per heavy atom. The van der Waals surface area contributed by atoms with Gasteiger partial charge in [0.1, 0.15) is 0 Å². The molecule has 1 fully saturated rings. The van der Waals surface area contributed by atoms with E-state index in [0.717, 1.165) is 19.4 Å². The van der Waals surface area contributed by atoms with Crippen LogP contribution in [0.5, 0.6) is 0 Å². The van der Waals surface area contributed by atoms with Crippen LogP contribution in [-0.2, 0) is 0 Å². The minimum absolute atomic E-state index is 0.0900. The second kappa shape index (κ2) is 5.95. The molecule has 0 saturated carbocycles. The number of carbonyl (C=O) groups is 2. The van der Waals surface area contributed by atoms with Gasteiger partial charge in [-0.2, -0.15) is 0 Å². The summed E-state index contributed by atoms with van der Waals surface area (Å²) in [6.45, 7) is 4.94. The number of hydrogen-bond acceptors (Lipinski definition) is 2. The molecule has 1 aromatic rings. The summed E-state index contributed by atoms with van der Waals surface area (Å²) >= 11 is 3.27. The van der Waals surface area contributed by atoms with Crippen LogP contribution in [0, 0.1) is 5.92 Å². The van der Waals surface area contributed by atoms with Gasteiger partial charge in [0.2, 0.25) is 0 Å². The number of carboxylic acid groups (broad SMARTS) is 1. The summed E-state index contributed by atoms with van der Waals surface area (Å²) in [6, 6.07) is 4.81. The number of piperidine rings is 1. The highest BCUT2D eigenvalue weighted by Crippen LogP contribution is 2.25. The van der Waals surface area contributed by atoms with Crippen LogP contribution in [0.25, 0.3) is 0 Å². The second-order valence-electron chi connectivity index (χ2n) is 5.39. The van der Waals surface area contributed by atoms with Gasteiger partial charge in [-0.3, -0.25) is 4.79 Å². The molecule has 108 valence electrons. The third kappa shape index (κ3) is 3.03. The predicted octanol–water partition coefficient (Wildman–Crippen LogP) is 3.41. The maximum Gasteiger partial charge on any atom is 0.335 e. The van der Waals surface area contributed by atoms with Crippen molar-refractivity contribution >= 4 is 27.8 Å². The van der Waals surface area contributed by atoms with E-state index in [9.17, 15) is 9.59 Å². The van der Waals surface area contributed by atoms with Gasteiger partial charge in [0.05, 0.1) is 5.56 Å². The van der Waals surface area contributed by atoms with Crippen molar-refractivity contribution in [1.82, 2.24) is 4.90 Å². The van der Waals surface area contributed by atoms with Crippen LogP contribution in [0.1, 0.15) is 47.4 Å². The van der Waals surface area contributed by atoms with Crippen molar-refractivity contribution in [2.24, 2.45) is 5.92 Å². The van der Waals surface area contributed by atoms with Crippen molar-refractivity contribution in [1.29, 1.82) is 0 Å². The zero-order valence-corrected chi connectivity index (χ0v) is 13.2. The largest absolute Gasteiger partial charge is 0.478 e. The number of carbonyl (C=O) groups excluding carboxylic acids is 1. The lowest BCUT2D eigenvalue weighted by Crippen LogP contribution is -2.46. The zero-order chi connectivity index (χ0) is 14.9. The topological polar surface area (TPSA) is 57.6 Å². The van der Waals surface area contributed by atoms with Crippen LogP contribution in [0.3, 0.4) is 0 Å². The van der Waals surface area contributed by atoms with Crippen LogP contribution in [-0.4, -0.2) is 34.5 Å². The fourth-order valence-corrected chi connectivity index (χ4v) is 3.12. The molecule has 2 unspecified atom stereocenters. The third-order valence-corrected chi connectivity index (χ3v) is 4.48. The lowest BCUT2D eigenvalue weighted by atomic mass is 9.91. The summed E-state index contributed by atoms with van der Waals surface area (Å²) in [5.41, 5.74) is 0.554. The van der Waals surface area contributed by atoms with E-state index in [1.54, 1.807) is 6.07 Å². The Morgan fingerprint density at radius 3 is 2.55 bits per heavy atom. The summed E-state index contributed by atoms with van der Waals surface area (Å²) in [5.74, 6) is -0.646. The number of likely N-dealkylation sites (tertiary alicyclic amines) is 1. The minimum atomic E-state index is -1.03. The molecule has 0 radical (unpaired) electrons. The average molecular weight is 340 g/mol. The van der Waals surface area contributed by atoms with E-state index in [1.165, 1.54) is 12.1 Å². The number of aromatic carboxylic acids is 1. The molecule has 1 saturated heterocycles. The van der Waals surface area contributed by atoms with Crippen molar-refractivity contribution < 1.29 is 14.7 Å². The summed E-state index contributed by atoms with van der Waals surface area (Å²) in [7, 11) is 0. The second-order valence-corrected chi connectivity index (χ2v) is 6.31. The number of halogens is 1. The highest BCUT2D eigenvalue weighted by atomic mass is 79.9. The Morgan fingerprint density at radius 1 is 1.25 bits per heavy atom. The molecular formula is C15H18BrNO3. The summed E-state index contributed by atoms with van der Waals surface area (Å²) in [4.78, 5) is 25.5. The number of amides is 1. The van der Waals surface area contributed by atoms with Crippen molar-refractivity contribution in [2.75, 3.05) is 6.54 Å². The molecule has 1 aromatic carbocycles. The molecule has 1 amide bonds. The average Bonchev–Trinajstić information content (AvgIpc) is 2.40. The van der Waals surface area contributed by atoms with Gasteiger partial charge in [0.25, 0.3) is 5.91 Å². The van der Waals surface area contributed by atoms with E-state index in [1.807, 2.05) is 4.90 Å². The van der Waals surface area contributed by atoms with Gasteiger partial charge in [0.15, 0.2) is 0 Å². The summed E-state index contributed by atoms with van der Waals surface area (Å²) in [5, 5.41) is 9.07. The molecule has 1 N–H and O–H groups in total. The van der Waals surface area contributed by atoms with Crippen molar-refractivity contribution in [3.05, 3.63) is 33.8 Å². The Labute approximate surface area is 126 Å². The molecule has 1 aliphatic heterocycles. The molecule has 5 heteroatoms. The van der Waals surface area contributed by atoms with Gasteiger partial charge in [-0.05, 0) is 43.9 Å². The van der Waals surface area contributed by atoms with E-state index in [0.29, 0.717) is 16.0 Å². The molecule has 0 spiro atoms. The molecule has 0 bridgehead atoms. The molecule has 0 aliphatic carbocycles. The quantitative estimate of drug-likeness (QED) is 0.898. The molecule has 1 aliphatic rings. The van der Waals surface area contributed by atoms with Crippen LogP contribution in [0.15, 0.2) is 22.7 Å². The highest BCUT2D eigenvalue weighted by molar-refractivity contribution is 9.10. The van der Waals surface area contributed by atoms with Gasteiger partial charge in [-0.15, -0.1) is 0 Å². The molecule has 1 heterocycles. The van der Waals surface area contributed by atoms with E-state index < -0.39 is 5.97 Å². The van der Waals surface area contributed by atoms with Crippen LogP contribution in [0.4, 0.5) is 0 Å². The summed E-state index contributed by atoms with van der Waals surface area (Å²) in [6.07, 6.45) is 2.13. The standard InChI is InChI=1S/C15H18BrNO3/c1-9-4-3-5-17(10(9)2)14(18)11-6-12(15(19)20)8-13(16)7-11/h6-10H,3-5H2,1-2H3,(H,19,20). The highest BCUT2D eigenvalue weighted by Gasteiger charge is 2.29. The van der Waals surface area contributed by atoms with Crippen molar-refractivity contribution in [3.63, 3.8) is 0 Å². The molecule has 4 nitrogen and oxygen atoms in total. The van der Waals surface area contributed by atoms with E-state index in [2.05, 4.69) is 29.8 Å². The van der Waals surface area contributed by atoms with E-state index >= 15 is 0 Å². The number of hydrogen-bond donors (Lipinski definition) is 1. The minimum Gasteiger partial charge on any atom is -0.478 e. The molecule has 2 atom stereocenters. The molecular weight excluding hydrogens is 322 g/mol. The molecule has 0 aromatic heterocycles. The zero-order valence-electron chi connectivity index (χ0n) is 11.6. The van der Waals surface area contributed by atoms with Gasteiger partial charge >= 0.3 is 5.97 Å². The molecule has 20 heavy (non-hydrogen) atoms. The van der Waals surface area contributed by atoms with Gasteiger partial charge in [-0.25, -0.2) is 4.79 Å². The van der Waals surface area contributed by atoms with Crippen LogP contribution < -0.4 is 0 Å². The number of carboxylic acids is 1. The van der Waals surface area contributed by atoms with Gasteiger partial charge in [-0.1, -0.05) is 22.9 Å². The third-order valence-electron chi connectivity index (χ3n) is 4.03. The van der Waals surface area contributed by atoms with E-state index in [-0.39, 0.29) is 17.5 Å². The maximum absolute atomic E-state index is 12.6. The smallest absolute Gasteiger partial charge is 0.335 e. The van der Waals surface area contributed by atoms with E-state index in [4.69, 9.17) is 5.11 Å². The van der Waals surface area contributed by atoms with Gasteiger partial charge in [0, 0.05) is 22.6 Å². The van der Waals surface area contributed by atoms with Gasteiger partial charge < -0.3 is 10.0 Å². The fourth-order valence-electron chi connectivity index (χ4n) is 2.62. The fraction of sp³-hybridized carbons (Fsp3) is 0.467.